The molecule has 0 bridgehead atoms. The second kappa shape index (κ2) is 5.69. The van der Waals surface area contributed by atoms with Crippen LogP contribution < -0.4 is 5.32 Å². The number of carbonyl (C=O) groups excluding carboxylic acids is 1. The molecule has 0 unspecified atom stereocenters. The number of anilines is 1. The fraction of sp³-hybridized carbons (Fsp3) is 0.0625. The number of phenols is 1. The van der Waals surface area contributed by atoms with Crippen molar-refractivity contribution in [3.05, 3.63) is 59.9 Å². The Morgan fingerprint density at radius 1 is 1.18 bits per heavy atom. The van der Waals surface area contributed by atoms with Crippen LogP contribution in [0.3, 0.4) is 0 Å². The number of nitrogens with zero attached hydrogens (tertiary/aromatic N) is 2. The molecule has 0 fully saturated rings. The van der Waals surface area contributed by atoms with Gasteiger partial charge in [-0.1, -0.05) is 24.3 Å². The summed E-state index contributed by atoms with van der Waals surface area (Å²) in [6.45, 7) is 1.77. The van der Waals surface area contributed by atoms with E-state index in [1.165, 1.54) is 6.33 Å². The van der Waals surface area contributed by atoms with E-state index in [1.54, 1.807) is 49.4 Å². The van der Waals surface area contributed by atoms with Gasteiger partial charge in [-0.15, -0.1) is 0 Å². The van der Waals surface area contributed by atoms with Gasteiger partial charge < -0.3 is 10.4 Å². The second-order valence-corrected chi connectivity index (χ2v) is 4.84. The molecule has 22 heavy (non-hydrogen) atoms. The summed E-state index contributed by atoms with van der Waals surface area (Å²) in [5.41, 5.74) is 2.43. The van der Waals surface area contributed by atoms with Gasteiger partial charge >= 0.3 is 0 Å². The number of aromatic amines is 1. The molecule has 1 aromatic heterocycles. The first-order valence-electron chi connectivity index (χ1n) is 6.71. The van der Waals surface area contributed by atoms with Crippen LogP contribution in [0.15, 0.2) is 48.8 Å². The molecule has 0 aliphatic heterocycles. The summed E-state index contributed by atoms with van der Waals surface area (Å²) < 4.78 is 0. The lowest BCUT2D eigenvalue weighted by Gasteiger charge is -2.09. The van der Waals surface area contributed by atoms with Crippen molar-refractivity contribution in [1.82, 2.24) is 15.2 Å². The van der Waals surface area contributed by atoms with E-state index in [0.717, 1.165) is 5.56 Å². The maximum Gasteiger partial charge on any atom is 0.255 e. The number of rotatable bonds is 3. The van der Waals surface area contributed by atoms with Crippen LogP contribution in [-0.2, 0) is 0 Å². The Labute approximate surface area is 126 Å². The highest BCUT2D eigenvalue weighted by Gasteiger charge is 2.10. The SMILES string of the molecule is Cc1cccc(NC(=O)c2ccc(-c3ncn[nH]3)cc2)c1O. The third-order valence-electron chi connectivity index (χ3n) is 3.32. The number of H-pyrrole nitrogens is 1. The van der Waals surface area contributed by atoms with Gasteiger partial charge in [0, 0.05) is 11.1 Å². The van der Waals surface area contributed by atoms with Crippen LogP contribution in [-0.4, -0.2) is 26.2 Å². The number of hydrogen-bond donors (Lipinski definition) is 3. The summed E-state index contributed by atoms with van der Waals surface area (Å²) in [6.07, 6.45) is 1.43. The average molecular weight is 294 g/mol. The number of para-hydroxylation sites is 1. The first-order valence-corrected chi connectivity index (χ1v) is 6.71. The lowest BCUT2D eigenvalue weighted by Crippen LogP contribution is -2.12. The predicted octanol–water partition coefficient (Wildman–Crippen LogP) is 2.74. The van der Waals surface area contributed by atoms with E-state index >= 15 is 0 Å². The minimum absolute atomic E-state index is 0.0779. The Kier molecular flexibility index (Phi) is 3.57. The first-order chi connectivity index (χ1) is 10.6. The number of nitrogens with one attached hydrogen (secondary N) is 2. The Bertz CT molecular complexity index is 796. The van der Waals surface area contributed by atoms with Gasteiger partial charge in [0.1, 0.15) is 12.1 Å². The van der Waals surface area contributed by atoms with Crippen LogP contribution in [0.25, 0.3) is 11.4 Å². The molecule has 0 radical (unpaired) electrons. The number of phenolic OH excluding ortho intramolecular Hbond substituents is 1. The quantitative estimate of drug-likeness (QED) is 0.648. The molecular formula is C16H14N4O2. The molecule has 0 atom stereocenters. The number of carbonyl (C=O) groups is 1. The molecule has 0 aliphatic rings. The van der Waals surface area contributed by atoms with Crippen molar-refractivity contribution < 1.29 is 9.90 Å². The number of aromatic nitrogens is 3. The lowest BCUT2D eigenvalue weighted by atomic mass is 10.1. The summed E-state index contributed by atoms with van der Waals surface area (Å²) in [4.78, 5) is 16.3. The van der Waals surface area contributed by atoms with E-state index < -0.39 is 0 Å². The number of hydrogen-bond acceptors (Lipinski definition) is 4. The molecule has 0 spiro atoms. The van der Waals surface area contributed by atoms with Gasteiger partial charge in [-0.2, -0.15) is 5.10 Å². The zero-order valence-electron chi connectivity index (χ0n) is 11.9. The van der Waals surface area contributed by atoms with Crippen LogP contribution in [0.2, 0.25) is 0 Å². The van der Waals surface area contributed by atoms with Gasteiger partial charge in [-0.05, 0) is 30.7 Å². The molecule has 0 aliphatic carbocycles. The number of aryl methyl sites for hydroxylation is 1. The zero-order chi connectivity index (χ0) is 15.5. The minimum Gasteiger partial charge on any atom is -0.505 e. The molecule has 2 aromatic carbocycles. The Hall–Kier alpha value is -3.15. The Morgan fingerprint density at radius 2 is 1.95 bits per heavy atom. The topological polar surface area (TPSA) is 90.9 Å². The summed E-state index contributed by atoms with van der Waals surface area (Å²) >= 11 is 0. The molecule has 3 rings (SSSR count). The van der Waals surface area contributed by atoms with E-state index in [9.17, 15) is 9.90 Å². The third-order valence-corrected chi connectivity index (χ3v) is 3.32. The number of benzene rings is 2. The predicted molar refractivity (Wildman–Crippen MR) is 82.6 cm³/mol. The Balaban J connectivity index is 1.79. The highest BCUT2D eigenvalue weighted by atomic mass is 16.3. The summed E-state index contributed by atoms with van der Waals surface area (Å²) in [7, 11) is 0. The maximum absolute atomic E-state index is 12.2. The largest absolute Gasteiger partial charge is 0.505 e. The van der Waals surface area contributed by atoms with E-state index in [2.05, 4.69) is 20.5 Å². The fourth-order valence-corrected chi connectivity index (χ4v) is 2.08. The number of amides is 1. The van der Waals surface area contributed by atoms with E-state index in [-0.39, 0.29) is 11.7 Å². The first kappa shape index (κ1) is 13.8. The van der Waals surface area contributed by atoms with Gasteiger partial charge in [0.25, 0.3) is 5.91 Å². The van der Waals surface area contributed by atoms with Crippen LogP contribution in [0.5, 0.6) is 5.75 Å². The molecule has 110 valence electrons. The van der Waals surface area contributed by atoms with Crippen LogP contribution in [0.1, 0.15) is 15.9 Å². The highest BCUT2D eigenvalue weighted by molar-refractivity contribution is 6.05. The van der Waals surface area contributed by atoms with E-state index in [4.69, 9.17) is 0 Å². The standard InChI is InChI=1S/C16H14N4O2/c1-10-3-2-4-13(14(10)21)19-16(22)12-7-5-11(6-8-12)15-17-9-18-20-15/h2-9,21H,1H3,(H,19,22)(H,17,18,20). The molecule has 6 nitrogen and oxygen atoms in total. The fourth-order valence-electron chi connectivity index (χ4n) is 2.08. The van der Waals surface area contributed by atoms with Gasteiger partial charge in [-0.25, -0.2) is 4.98 Å². The van der Waals surface area contributed by atoms with Crippen LogP contribution in [0.4, 0.5) is 5.69 Å². The van der Waals surface area contributed by atoms with Crippen LogP contribution >= 0.6 is 0 Å². The van der Waals surface area contributed by atoms with Crippen molar-refractivity contribution >= 4 is 11.6 Å². The molecule has 1 amide bonds. The van der Waals surface area contributed by atoms with Crippen molar-refractivity contribution in [3.8, 4) is 17.1 Å². The van der Waals surface area contributed by atoms with Crippen molar-refractivity contribution in [3.63, 3.8) is 0 Å². The van der Waals surface area contributed by atoms with Crippen molar-refractivity contribution in [1.29, 1.82) is 0 Å². The molecule has 1 heterocycles. The second-order valence-electron chi connectivity index (χ2n) is 4.84. The van der Waals surface area contributed by atoms with Gasteiger partial charge in [0.15, 0.2) is 5.82 Å². The van der Waals surface area contributed by atoms with Crippen molar-refractivity contribution in [2.24, 2.45) is 0 Å². The average Bonchev–Trinajstić information content (AvgIpc) is 3.06. The Morgan fingerprint density at radius 3 is 2.64 bits per heavy atom. The molecule has 3 N–H and O–H groups in total. The number of aromatic hydroxyl groups is 1. The maximum atomic E-state index is 12.2. The van der Waals surface area contributed by atoms with Gasteiger partial charge in [0.05, 0.1) is 5.69 Å². The zero-order valence-corrected chi connectivity index (χ0v) is 11.9. The monoisotopic (exact) mass is 294 g/mol. The summed E-state index contributed by atoms with van der Waals surface area (Å²) in [6, 6.07) is 12.2. The molecule has 0 saturated carbocycles. The minimum atomic E-state index is -0.287. The highest BCUT2D eigenvalue weighted by Crippen LogP contribution is 2.27. The molecule has 3 aromatic rings. The third kappa shape index (κ3) is 2.67. The van der Waals surface area contributed by atoms with Crippen molar-refractivity contribution in [2.75, 3.05) is 5.32 Å². The van der Waals surface area contributed by atoms with Gasteiger partial charge in [0.2, 0.25) is 0 Å². The molecule has 6 heteroatoms. The van der Waals surface area contributed by atoms with Gasteiger partial charge in [-0.3, -0.25) is 9.89 Å². The lowest BCUT2D eigenvalue weighted by molar-refractivity contribution is 0.102. The summed E-state index contributed by atoms with van der Waals surface area (Å²) in [5, 5.41) is 19.2. The smallest absolute Gasteiger partial charge is 0.255 e. The van der Waals surface area contributed by atoms with E-state index in [1.807, 2.05) is 0 Å². The van der Waals surface area contributed by atoms with Crippen LogP contribution in [0, 0.1) is 6.92 Å². The molecule has 0 saturated heterocycles. The molecular weight excluding hydrogens is 280 g/mol. The normalized spacial score (nSPS) is 10.4. The van der Waals surface area contributed by atoms with E-state index in [0.29, 0.717) is 22.6 Å². The summed E-state index contributed by atoms with van der Waals surface area (Å²) in [5.74, 6) is 0.433. The van der Waals surface area contributed by atoms with Crippen molar-refractivity contribution in [2.45, 2.75) is 6.92 Å².